The van der Waals surface area contributed by atoms with E-state index in [0.717, 1.165) is 6.07 Å². The first-order valence-corrected chi connectivity index (χ1v) is 5.44. The minimum atomic E-state index is -1.08. The first-order valence-electron chi connectivity index (χ1n) is 5.06. The van der Waals surface area contributed by atoms with Crippen LogP contribution in [0.25, 0.3) is 0 Å². The molecule has 0 heterocycles. The van der Waals surface area contributed by atoms with Gasteiger partial charge in [0.2, 0.25) is 6.29 Å². The standard InChI is InChI=1S/C12H12ClFO4/c1-17-12(18-2)11(16)6-10(15)7-3-4-9(14)8(13)5-7/h3-5,12H,6H2,1-2H3. The molecule has 98 valence electrons. The van der Waals surface area contributed by atoms with Crippen molar-refractivity contribution in [3.8, 4) is 0 Å². The van der Waals surface area contributed by atoms with Crippen molar-refractivity contribution in [3.63, 3.8) is 0 Å². The minimum Gasteiger partial charge on any atom is -0.349 e. The number of carbonyl (C=O) groups excluding carboxylic acids is 2. The van der Waals surface area contributed by atoms with E-state index in [4.69, 9.17) is 21.1 Å². The first-order chi connectivity index (χ1) is 8.49. The van der Waals surface area contributed by atoms with Gasteiger partial charge in [-0.1, -0.05) is 11.6 Å². The Morgan fingerprint density at radius 3 is 2.44 bits per heavy atom. The number of methoxy groups -OCH3 is 2. The lowest BCUT2D eigenvalue weighted by atomic mass is 10.1. The third-order valence-electron chi connectivity index (χ3n) is 2.27. The van der Waals surface area contributed by atoms with E-state index < -0.39 is 30.1 Å². The quantitative estimate of drug-likeness (QED) is 0.453. The molecule has 1 rings (SSSR count). The Labute approximate surface area is 109 Å². The Bertz CT molecular complexity index is 457. The molecule has 1 aromatic rings. The highest BCUT2D eigenvalue weighted by Gasteiger charge is 2.21. The summed E-state index contributed by atoms with van der Waals surface area (Å²) >= 11 is 5.55. The number of rotatable bonds is 6. The predicted molar refractivity (Wildman–Crippen MR) is 63.2 cm³/mol. The fourth-order valence-corrected chi connectivity index (χ4v) is 1.55. The number of benzene rings is 1. The van der Waals surface area contributed by atoms with Gasteiger partial charge in [0.1, 0.15) is 5.82 Å². The van der Waals surface area contributed by atoms with Crippen molar-refractivity contribution < 1.29 is 23.5 Å². The Kier molecular flexibility index (Phi) is 5.40. The number of carbonyl (C=O) groups is 2. The summed E-state index contributed by atoms with van der Waals surface area (Å²) in [7, 11) is 2.59. The highest BCUT2D eigenvalue weighted by molar-refractivity contribution is 6.31. The van der Waals surface area contributed by atoms with Gasteiger partial charge in [0.05, 0.1) is 11.4 Å². The maximum atomic E-state index is 12.9. The number of hydrogen-bond donors (Lipinski definition) is 0. The summed E-state index contributed by atoms with van der Waals surface area (Å²) in [6.45, 7) is 0. The second kappa shape index (κ2) is 6.58. The molecule has 0 N–H and O–H groups in total. The lowest BCUT2D eigenvalue weighted by molar-refractivity contribution is -0.155. The second-order valence-corrected chi connectivity index (χ2v) is 3.91. The Balaban J connectivity index is 2.76. The smallest absolute Gasteiger partial charge is 0.217 e. The number of ketones is 2. The largest absolute Gasteiger partial charge is 0.349 e. The molecule has 0 saturated carbocycles. The summed E-state index contributed by atoms with van der Waals surface area (Å²) in [6, 6.07) is 3.52. The zero-order valence-electron chi connectivity index (χ0n) is 9.91. The van der Waals surface area contributed by atoms with Crippen LogP contribution < -0.4 is 0 Å². The average Bonchev–Trinajstić information content (AvgIpc) is 2.34. The molecule has 0 radical (unpaired) electrons. The molecule has 18 heavy (non-hydrogen) atoms. The van der Waals surface area contributed by atoms with Crippen molar-refractivity contribution >= 4 is 23.2 Å². The van der Waals surface area contributed by atoms with Crippen molar-refractivity contribution in [1.29, 1.82) is 0 Å². The lowest BCUT2D eigenvalue weighted by Crippen LogP contribution is -2.27. The summed E-state index contributed by atoms with van der Waals surface area (Å²) in [5.74, 6) is -1.60. The van der Waals surface area contributed by atoms with Gasteiger partial charge in [-0.25, -0.2) is 4.39 Å². The molecule has 0 atom stereocenters. The van der Waals surface area contributed by atoms with Crippen molar-refractivity contribution in [2.24, 2.45) is 0 Å². The normalized spacial score (nSPS) is 10.7. The molecule has 0 aromatic heterocycles. The van der Waals surface area contributed by atoms with E-state index in [9.17, 15) is 14.0 Å². The van der Waals surface area contributed by atoms with Gasteiger partial charge in [-0.3, -0.25) is 9.59 Å². The van der Waals surface area contributed by atoms with Crippen molar-refractivity contribution in [3.05, 3.63) is 34.6 Å². The SMILES string of the molecule is COC(OC)C(=O)CC(=O)c1ccc(F)c(Cl)c1. The van der Waals surface area contributed by atoms with E-state index in [1.54, 1.807) is 0 Å². The third-order valence-corrected chi connectivity index (χ3v) is 2.56. The van der Waals surface area contributed by atoms with Crippen molar-refractivity contribution in [2.45, 2.75) is 12.7 Å². The second-order valence-electron chi connectivity index (χ2n) is 3.50. The summed E-state index contributed by atoms with van der Waals surface area (Å²) in [4.78, 5) is 23.3. The van der Waals surface area contributed by atoms with Gasteiger partial charge in [-0.05, 0) is 18.2 Å². The van der Waals surface area contributed by atoms with E-state index in [1.165, 1.54) is 26.4 Å². The van der Waals surface area contributed by atoms with Gasteiger partial charge in [0, 0.05) is 19.8 Å². The highest BCUT2D eigenvalue weighted by atomic mass is 35.5. The Hall–Kier alpha value is -1.30. The molecule has 0 unspecified atom stereocenters. The van der Waals surface area contributed by atoms with Crippen LogP contribution in [0.2, 0.25) is 5.02 Å². The average molecular weight is 275 g/mol. The van der Waals surface area contributed by atoms with Crippen LogP contribution in [0.1, 0.15) is 16.8 Å². The molecule has 6 heteroatoms. The van der Waals surface area contributed by atoms with E-state index >= 15 is 0 Å². The maximum Gasteiger partial charge on any atom is 0.217 e. The number of hydrogen-bond acceptors (Lipinski definition) is 4. The fraction of sp³-hybridized carbons (Fsp3) is 0.333. The van der Waals surface area contributed by atoms with Gasteiger partial charge >= 0.3 is 0 Å². The minimum absolute atomic E-state index is 0.164. The molecule has 0 amide bonds. The molecular weight excluding hydrogens is 263 g/mol. The van der Waals surface area contributed by atoms with Crippen LogP contribution in [0.4, 0.5) is 4.39 Å². The topological polar surface area (TPSA) is 52.6 Å². The molecule has 0 fully saturated rings. The molecule has 0 spiro atoms. The van der Waals surface area contributed by atoms with Gasteiger partial charge in [-0.15, -0.1) is 0 Å². The molecule has 0 aliphatic heterocycles. The van der Waals surface area contributed by atoms with E-state index in [-0.39, 0.29) is 10.6 Å². The molecular formula is C12H12ClFO4. The summed E-state index contributed by atoms with van der Waals surface area (Å²) in [5, 5.41) is -0.164. The summed E-state index contributed by atoms with van der Waals surface area (Å²) in [6.07, 6.45) is -1.47. The molecule has 4 nitrogen and oxygen atoms in total. The zero-order valence-corrected chi connectivity index (χ0v) is 10.7. The molecule has 0 aliphatic carbocycles. The maximum absolute atomic E-state index is 12.9. The number of ether oxygens (including phenoxy) is 2. The number of Topliss-reactive ketones (excluding diaryl/α,β-unsaturated/α-hetero) is 2. The summed E-state index contributed by atoms with van der Waals surface area (Å²) in [5.41, 5.74) is 0.167. The summed E-state index contributed by atoms with van der Waals surface area (Å²) < 4.78 is 22.4. The number of halogens is 2. The zero-order chi connectivity index (χ0) is 13.7. The van der Waals surface area contributed by atoms with Gasteiger partial charge in [0.15, 0.2) is 11.6 Å². The molecule has 0 saturated heterocycles. The molecule has 0 aliphatic rings. The van der Waals surface area contributed by atoms with E-state index in [0.29, 0.717) is 0 Å². The van der Waals surface area contributed by atoms with E-state index in [2.05, 4.69) is 0 Å². The van der Waals surface area contributed by atoms with Gasteiger partial charge in [0.25, 0.3) is 0 Å². The predicted octanol–water partition coefficient (Wildman–Crippen LogP) is 2.24. The lowest BCUT2D eigenvalue weighted by Gasteiger charge is -2.11. The van der Waals surface area contributed by atoms with Crippen LogP contribution in [0.15, 0.2) is 18.2 Å². The highest BCUT2D eigenvalue weighted by Crippen LogP contribution is 2.17. The Morgan fingerprint density at radius 1 is 1.33 bits per heavy atom. The van der Waals surface area contributed by atoms with Crippen LogP contribution in [-0.2, 0) is 14.3 Å². The van der Waals surface area contributed by atoms with Gasteiger partial charge in [-0.2, -0.15) is 0 Å². The van der Waals surface area contributed by atoms with Crippen LogP contribution >= 0.6 is 11.6 Å². The van der Waals surface area contributed by atoms with Crippen LogP contribution in [0.5, 0.6) is 0 Å². The third kappa shape index (κ3) is 3.60. The van der Waals surface area contributed by atoms with Crippen molar-refractivity contribution in [2.75, 3.05) is 14.2 Å². The molecule has 0 bridgehead atoms. The van der Waals surface area contributed by atoms with Crippen LogP contribution in [0, 0.1) is 5.82 Å². The Morgan fingerprint density at radius 2 is 1.94 bits per heavy atom. The monoisotopic (exact) mass is 274 g/mol. The van der Waals surface area contributed by atoms with Crippen LogP contribution in [-0.4, -0.2) is 32.1 Å². The van der Waals surface area contributed by atoms with Crippen molar-refractivity contribution in [1.82, 2.24) is 0 Å². The molecule has 1 aromatic carbocycles. The fourth-order valence-electron chi connectivity index (χ4n) is 1.37. The first kappa shape index (κ1) is 14.8. The van der Waals surface area contributed by atoms with Crippen LogP contribution in [0.3, 0.4) is 0 Å². The van der Waals surface area contributed by atoms with Gasteiger partial charge < -0.3 is 9.47 Å². The van der Waals surface area contributed by atoms with E-state index in [1.807, 2.05) is 0 Å².